The van der Waals surface area contributed by atoms with Gasteiger partial charge in [-0.15, -0.1) is 0 Å². The van der Waals surface area contributed by atoms with Crippen LogP contribution in [0.25, 0.3) is 0 Å². The fourth-order valence-corrected chi connectivity index (χ4v) is 1.96. The van der Waals surface area contributed by atoms with Gasteiger partial charge in [-0.1, -0.05) is 12.1 Å². The highest BCUT2D eigenvalue weighted by Gasteiger charge is 2.15. The van der Waals surface area contributed by atoms with Crippen molar-refractivity contribution in [2.75, 3.05) is 38.0 Å². The second-order valence-corrected chi connectivity index (χ2v) is 4.35. The maximum atomic E-state index is 11.9. The first-order valence-corrected chi connectivity index (χ1v) is 6.05. The number of carbonyl (C=O) groups excluding carboxylic acids is 1. The van der Waals surface area contributed by atoms with Crippen molar-refractivity contribution >= 4 is 11.6 Å². The number of amides is 1. The van der Waals surface area contributed by atoms with Gasteiger partial charge in [-0.05, 0) is 24.6 Å². The Hall–Kier alpha value is -1.55. The van der Waals surface area contributed by atoms with Gasteiger partial charge in [0.15, 0.2) is 0 Å². The molecule has 0 spiro atoms. The third-order valence-corrected chi connectivity index (χ3v) is 2.93. The molecule has 1 aliphatic heterocycles. The number of piperazine rings is 1. The summed E-state index contributed by atoms with van der Waals surface area (Å²) in [6.45, 7) is 5.85. The predicted molar refractivity (Wildman–Crippen MR) is 69.1 cm³/mol. The zero-order valence-electron chi connectivity index (χ0n) is 10.2. The summed E-state index contributed by atoms with van der Waals surface area (Å²) in [5, 5.41) is 6.41. The third-order valence-electron chi connectivity index (χ3n) is 2.93. The molecule has 1 saturated heterocycles. The molecule has 1 amide bonds. The Morgan fingerprint density at radius 2 is 2.18 bits per heavy atom. The molecule has 0 aromatic heterocycles. The van der Waals surface area contributed by atoms with Crippen LogP contribution in [0.5, 0.6) is 0 Å². The maximum absolute atomic E-state index is 11.9. The second kappa shape index (κ2) is 5.68. The van der Waals surface area contributed by atoms with Crippen LogP contribution in [0.15, 0.2) is 24.3 Å². The summed E-state index contributed by atoms with van der Waals surface area (Å²) in [6.07, 6.45) is 0. The van der Waals surface area contributed by atoms with Crippen LogP contribution in [-0.4, -0.2) is 43.5 Å². The van der Waals surface area contributed by atoms with Crippen molar-refractivity contribution in [1.29, 1.82) is 0 Å². The van der Waals surface area contributed by atoms with E-state index in [-0.39, 0.29) is 5.91 Å². The molecule has 0 unspecified atom stereocenters. The Morgan fingerprint density at radius 3 is 2.88 bits per heavy atom. The zero-order chi connectivity index (χ0) is 12.1. The molecule has 0 atom stereocenters. The van der Waals surface area contributed by atoms with Gasteiger partial charge in [0.1, 0.15) is 0 Å². The first kappa shape index (κ1) is 11.9. The second-order valence-electron chi connectivity index (χ2n) is 4.35. The minimum absolute atomic E-state index is 0.174. The molecule has 1 aliphatic rings. The van der Waals surface area contributed by atoms with Crippen LogP contribution in [0, 0.1) is 6.92 Å². The summed E-state index contributed by atoms with van der Waals surface area (Å²) in [5.41, 5.74) is 2.21. The molecule has 2 rings (SSSR count). The van der Waals surface area contributed by atoms with E-state index >= 15 is 0 Å². The Labute approximate surface area is 102 Å². The van der Waals surface area contributed by atoms with Gasteiger partial charge in [-0.2, -0.15) is 0 Å². The van der Waals surface area contributed by atoms with Gasteiger partial charge in [0.2, 0.25) is 5.91 Å². The molecule has 0 bridgehead atoms. The quantitative estimate of drug-likeness (QED) is 0.813. The van der Waals surface area contributed by atoms with Crippen LogP contribution in [0.2, 0.25) is 0 Å². The molecule has 1 fully saturated rings. The highest BCUT2D eigenvalue weighted by atomic mass is 16.2. The lowest BCUT2D eigenvalue weighted by Crippen LogP contribution is -2.48. The van der Waals surface area contributed by atoms with Crippen molar-refractivity contribution in [3.8, 4) is 0 Å². The number of carbonyl (C=O) groups is 1. The first-order valence-electron chi connectivity index (χ1n) is 6.05. The topological polar surface area (TPSA) is 44.4 Å². The molecule has 2 N–H and O–H groups in total. The van der Waals surface area contributed by atoms with E-state index in [2.05, 4.69) is 10.6 Å². The number of rotatable bonds is 3. The number of nitrogens with one attached hydrogen (secondary N) is 2. The minimum Gasteiger partial charge on any atom is -0.376 e. The van der Waals surface area contributed by atoms with E-state index in [0.29, 0.717) is 6.54 Å². The molecule has 0 radical (unpaired) electrons. The highest BCUT2D eigenvalue weighted by Crippen LogP contribution is 2.09. The van der Waals surface area contributed by atoms with Gasteiger partial charge in [-0.3, -0.25) is 4.79 Å². The van der Waals surface area contributed by atoms with E-state index in [1.165, 1.54) is 5.56 Å². The molecule has 1 aromatic carbocycles. The fourth-order valence-electron chi connectivity index (χ4n) is 1.96. The van der Waals surface area contributed by atoms with E-state index < -0.39 is 0 Å². The maximum Gasteiger partial charge on any atom is 0.241 e. The van der Waals surface area contributed by atoms with Crippen LogP contribution in [0.4, 0.5) is 5.69 Å². The van der Waals surface area contributed by atoms with Crippen molar-refractivity contribution in [3.63, 3.8) is 0 Å². The van der Waals surface area contributed by atoms with E-state index in [9.17, 15) is 4.79 Å². The van der Waals surface area contributed by atoms with Gasteiger partial charge in [0.05, 0.1) is 6.54 Å². The van der Waals surface area contributed by atoms with Crippen molar-refractivity contribution in [1.82, 2.24) is 10.2 Å². The summed E-state index contributed by atoms with van der Waals surface area (Å²) in [4.78, 5) is 13.8. The Morgan fingerprint density at radius 1 is 1.41 bits per heavy atom. The van der Waals surface area contributed by atoms with Crippen LogP contribution in [0.1, 0.15) is 5.56 Å². The van der Waals surface area contributed by atoms with E-state index in [4.69, 9.17) is 0 Å². The molecule has 1 heterocycles. The molecular weight excluding hydrogens is 214 g/mol. The van der Waals surface area contributed by atoms with E-state index in [1.807, 2.05) is 36.1 Å². The van der Waals surface area contributed by atoms with Gasteiger partial charge in [0, 0.05) is 31.9 Å². The van der Waals surface area contributed by atoms with E-state index in [1.54, 1.807) is 0 Å². The highest BCUT2D eigenvalue weighted by molar-refractivity contribution is 5.81. The molecule has 0 saturated carbocycles. The van der Waals surface area contributed by atoms with Gasteiger partial charge >= 0.3 is 0 Å². The van der Waals surface area contributed by atoms with Crippen LogP contribution < -0.4 is 10.6 Å². The molecule has 4 heteroatoms. The number of hydrogen-bond donors (Lipinski definition) is 2. The summed E-state index contributed by atoms with van der Waals surface area (Å²) < 4.78 is 0. The van der Waals surface area contributed by atoms with Crippen molar-refractivity contribution in [3.05, 3.63) is 29.8 Å². The predicted octanol–water partition coefficient (Wildman–Crippen LogP) is 0.839. The van der Waals surface area contributed by atoms with Crippen LogP contribution in [-0.2, 0) is 4.79 Å². The van der Waals surface area contributed by atoms with Crippen molar-refractivity contribution < 1.29 is 4.79 Å². The molecule has 4 nitrogen and oxygen atoms in total. The number of hydrogen-bond acceptors (Lipinski definition) is 3. The molecule has 0 aliphatic carbocycles. The number of aryl methyl sites for hydroxylation is 1. The van der Waals surface area contributed by atoms with Gasteiger partial charge in [-0.25, -0.2) is 0 Å². The summed E-state index contributed by atoms with van der Waals surface area (Å²) in [5.74, 6) is 0.174. The Balaban J connectivity index is 1.83. The van der Waals surface area contributed by atoms with Gasteiger partial charge in [0.25, 0.3) is 0 Å². The minimum atomic E-state index is 0.174. The lowest BCUT2D eigenvalue weighted by atomic mass is 10.2. The summed E-state index contributed by atoms with van der Waals surface area (Å²) in [7, 11) is 0. The van der Waals surface area contributed by atoms with Crippen molar-refractivity contribution in [2.24, 2.45) is 0 Å². The van der Waals surface area contributed by atoms with Crippen LogP contribution in [0.3, 0.4) is 0 Å². The molecular formula is C13H19N3O. The normalized spacial score (nSPS) is 15.7. The number of nitrogens with zero attached hydrogens (tertiary/aromatic N) is 1. The van der Waals surface area contributed by atoms with Crippen LogP contribution >= 0.6 is 0 Å². The monoisotopic (exact) mass is 233 g/mol. The molecule has 1 aromatic rings. The average molecular weight is 233 g/mol. The van der Waals surface area contributed by atoms with Crippen molar-refractivity contribution in [2.45, 2.75) is 6.92 Å². The average Bonchev–Trinajstić information content (AvgIpc) is 2.37. The number of benzene rings is 1. The third kappa shape index (κ3) is 3.46. The fraction of sp³-hybridized carbons (Fsp3) is 0.462. The smallest absolute Gasteiger partial charge is 0.241 e. The molecule has 17 heavy (non-hydrogen) atoms. The lowest BCUT2D eigenvalue weighted by molar-refractivity contribution is -0.129. The summed E-state index contributed by atoms with van der Waals surface area (Å²) >= 11 is 0. The Bertz CT molecular complexity index is 386. The largest absolute Gasteiger partial charge is 0.376 e. The summed E-state index contributed by atoms with van der Waals surface area (Å²) in [6, 6.07) is 8.07. The molecule has 92 valence electrons. The lowest BCUT2D eigenvalue weighted by Gasteiger charge is -2.27. The zero-order valence-corrected chi connectivity index (χ0v) is 10.2. The Kier molecular flexibility index (Phi) is 3.98. The standard InChI is InChI=1S/C13H19N3O/c1-11-3-2-4-12(9-11)15-10-13(17)16-7-5-14-6-8-16/h2-4,9,14-15H,5-8,10H2,1H3. The van der Waals surface area contributed by atoms with Gasteiger partial charge < -0.3 is 15.5 Å². The SMILES string of the molecule is Cc1cccc(NCC(=O)N2CCNCC2)c1. The van der Waals surface area contributed by atoms with E-state index in [0.717, 1.165) is 31.9 Å². The number of anilines is 1. The first-order chi connectivity index (χ1) is 8.25.